The van der Waals surface area contributed by atoms with Crippen molar-refractivity contribution in [3.63, 3.8) is 0 Å². The summed E-state index contributed by atoms with van der Waals surface area (Å²) in [6.45, 7) is 2.66. The Kier molecular flexibility index (Phi) is 39.4. The molecule has 8 heteroatoms. The molecule has 0 aromatic rings. The van der Waals surface area contributed by atoms with Crippen molar-refractivity contribution in [2.75, 3.05) is 6.61 Å². The Morgan fingerprint density at radius 2 is 0.769 bits per heavy atom. The van der Waals surface area contributed by atoms with Crippen LogP contribution >= 0.6 is 0 Å². The monoisotopic (exact) mass is 412 g/mol. The van der Waals surface area contributed by atoms with E-state index in [1.807, 2.05) is 0 Å². The molecule has 0 saturated heterocycles. The molecule has 0 aliphatic heterocycles. The average molecular weight is 413 g/mol. The van der Waals surface area contributed by atoms with Gasteiger partial charge in [-0.2, -0.15) is 0 Å². The van der Waals surface area contributed by atoms with Crippen molar-refractivity contribution < 1.29 is 81.7 Å². The topological polar surface area (TPSA) is 100 Å². The van der Waals surface area contributed by atoms with Gasteiger partial charge in [-0.3, -0.25) is 8.42 Å². The van der Waals surface area contributed by atoms with E-state index in [2.05, 4.69) is 6.92 Å². The van der Waals surface area contributed by atoms with Crippen LogP contribution in [0.4, 0.5) is 0 Å². The molecule has 0 bridgehead atoms. The molecule has 0 aromatic carbocycles. The van der Waals surface area contributed by atoms with Crippen molar-refractivity contribution >= 4 is 10.4 Å². The van der Waals surface area contributed by atoms with Gasteiger partial charge in [-0.05, 0) is 6.42 Å². The smallest absolute Gasteiger partial charge is 0.759 e. The molecule has 0 fully saturated rings. The van der Waals surface area contributed by atoms with E-state index in [1.165, 1.54) is 96.3 Å². The molecule has 5 nitrogen and oxygen atoms in total. The van der Waals surface area contributed by atoms with Crippen molar-refractivity contribution in [1.82, 2.24) is 0 Å². The number of hydrogen-bond donors (Lipinski definition) is 1. The Hall–Kier alpha value is 1.83. The number of aliphatic hydroxyl groups is 1. The van der Waals surface area contributed by atoms with Crippen molar-refractivity contribution in [3.8, 4) is 0 Å². The molecule has 0 amide bonds. The number of hydrogen-bond acceptors (Lipinski definition) is 5. The Bertz CT molecular complexity index is 304. The molecule has 0 aromatic heterocycles. The fourth-order valence-corrected chi connectivity index (χ4v) is 2.66. The van der Waals surface area contributed by atoms with Crippen LogP contribution in [0.2, 0.25) is 0 Å². The molecule has 0 radical (unpaired) electrons. The summed E-state index contributed by atoms with van der Waals surface area (Å²) in [5.74, 6) is 0. The molecule has 0 heterocycles. The Labute approximate surface area is 206 Å². The van der Waals surface area contributed by atoms with Gasteiger partial charge in [-0.25, -0.2) is 0 Å². The zero-order valence-electron chi connectivity index (χ0n) is 17.5. The van der Waals surface area contributed by atoms with E-state index < -0.39 is 10.4 Å². The minimum absolute atomic E-state index is 0. The van der Waals surface area contributed by atoms with Gasteiger partial charge >= 0.3 is 59.1 Å². The fourth-order valence-electron chi connectivity index (χ4n) is 2.66. The first-order valence-corrected chi connectivity index (χ1v) is 11.0. The maximum absolute atomic E-state index is 8.67. The summed E-state index contributed by atoms with van der Waals surface area (Å²) in [5, 5.41) is 8.67. The van der Waals surface area contributed by atoms with Gasteiger partial charge < -0.3 is 14.2 Å². The molecule has 0 saturated carbocycles. The number of aliphatic hydroxyl groups excluding tert-OH is 1. The van der Waals surface area contributed by atoms with Crippen LogP contribution in [0.25, 0.3) is 0 Å². The average Bonchev–Trinajstić information content (AvgIpc) is 2.49. The van der Waals surface area contributed by atoms with Gasteiger partial charge in [-0.15, -0.1) is 0 Å². The molecule has 0 spiro atoms. The molecule has 0 aliphatic rings. The largest absolute Gasteiger partial charge is 1.00 e. The SMILES string of the molecule is CCCCCCCCCCCCCCCCCCO.O=S(=O)([O-])[O-].[Na+].[Na+]. The van der Waals surface area contributed by atoms with Crippen LogP contribution in [0.1, 0.15) is 110 Å². The summed E-state index contributed by atoms with van der Waals surface area (Å²) in [6, 6.07) is 0. The van der Waals surface area contributed by atoms with E-state index in [4.69, 9.17) is 22.6 Å². The van der Waals surface area contributed by atoms with Crippen LogP contribution < -0.4 is 59.1 Å². The Morgan fingerprint density at radius 3 is 0.962 bits per heavy atom. The Morgan fingerprint density at radius 1 is 0.577 bits per heavy atom. The van der Waals surface area contributed by atoms with Gasteiger partial charge in [0.15, 0.2) is 0 Å². The van der Waals surface area contributed by atoms with E-state index in [-0.39, 0.29) is 59.1 Å². The van der Waals surface area contributed by atoms with Crippen molar-refractivity contribution in [3.05, 3.63) is 0 Å². The van der Waals surface area contributed by atoms with Crippen LogP contribution in [0.5, 0.6) is 0 Å². The second-order valence-corrected chi connectivity index (χ2v) is 7.25. The second kappa shape index (κ2) is 29.0. The molecule has 0 aliphatic carbocycles. The number of unbranched alkanes of at least 4 members (excludes halogenated alkanes) is 15. The van der Waals surface area contributed by atoms with E-state index in [0.29, 0.717) is 6.61 Å². The van der Waals surface area contributed by atoms with E-state index >= 15 is 0 Å². The van der Waals surface area contributed by atoms with Crippen molar-refractivity contribution in [2.45, 2.75) is 110 Å². The third kappa shape index (κ3) is 50.1. The molecular formula is C18H38Na2O5S. The summed E-state index contributed by atoms with van der Waals surface area (Å²) < 4.78 is 34.1. The molecule has 148 valence electrons. The molecule has 0 atom stereocenters. The maximum Gasteiger partial charge on any atom is 1.00 e. The van der Waals surface area contributed by atoms with Crippen molar-refractivity contribution in [1.29, 1.82) is 0 Å². The first-order valence-electron chi connectivity index (χ1n) is 9.69. The predicted octanol–water partition coefficient (Wildman–Crippen LogP) is -1.09. The summed E-state index contributed by atoms with van der Waals surface area (Å²) in [7, 11) is -5.17. The minimum atomic E-state index is -5.17. The summed E-state index contributed by atoms with van der Waals surface area (Å²) in [6.07, 6.45) is 22.2. The van der Waals surface area contributed by atoms with Gasteiger partial charge in [0.05, 0.1) is 0 Å². The van der Waals surface area contributed by atoms with Gasteiger partial charge in [0.1, 0.15) is 0 Å². The van der Waals surface area contributed by atoms with Crippen LogP contribution in [-0.2, 0) is 10.4 Å². The Balaban J connectivity index is -0.000000304. The third-order valence-electron chi connectivity index (χ3n) is 4.01. The first kappa shape index (κ1) is 35.3. The van der Waals surface area contributed by atoms with Crippen LogP contribution in [0.15, 0.2) is 0 Å². The van der Waals surface area contributed by atoms with E-state index in [9.17, 15) is 0 Å². The van der Waals surface area contributed by atoms with E-state index in [0.717, 1.165) is 6.42 Å². The van der Waals surface area contributed by atoms with Gasteiger partial charge in [0.25, 0.3) is 0 Å². The third-order valence-corrected chi connectivity index (χ3v) is 4.01. The van der Waals surface area contributed by atoms with Crippen LogP contribution in [-0.4, -0.2) is 29.2 Å². The maximum atomic E-state index is 8.67. The van der Waals surface area contributed by atoms with Crippen molar-refractivity contribution in [2.24, 2.45) is 0 Å². The summed E-state index contributed by atoms with van der Waals surface area (Å²) in [4.78, 5) is 0. The normalized spacial score (nSPS) is 10.3. The van der Waals surface area contributed by atoms with Gasteiger partial charge in [-0.1, -0.05) is 103 Å². The quantitative estimate of drug-likeness (QED) is 0.150. The standard InChI is InChI=1S/C18H38O.2Na.H2O4S/c1-2-3-4-5-6-7-8-9-10-11-12-13-14-15-16-17-18-19;;;1-5(2,3)4/h19H,2-18H2,1H3;;;(H2,1,2,3,4)/q;2*+1;/p-2. The molecular weight excluding hydrogens is 374 g/mol. The minimum Gasteiger partial charge on any atom is -0.759 e. The predicted molar refractivity (Wildman–Crippen MR) is 97.1 cm³/mol. The van der Waals surface area contributed by atoms with Crippen LogP contribution in [0.3, 0.4) is 0 Å². The molecule has 0 rings (SSSR count). The zero-order valence-corrected chi connectivity index (χ0v) is 22.3. The zero-order chi connectivity index (χ0) is 18.5. The van der Waals surface area contributed by atoms with Gasteiger partial charge in [0, 0.05) is 17.0 Å². The van der Waals surface area contributed by atoms with E-state index in [1.54, 1.807) is 0 Å². The summed E-state index contributed by atoms with van der Waals surface area (Å²) >= 11 is 0. The number of rotatable bonds is 16. The van der Waals surface area contributed by atoms with Gasteiger partial charge in [0.2, 0.25) is 0 Å². The molecule has 26 heavy (non-hydrogen) atoms. The van der Waals surface area contributed by atoms with Crippen LogP contribution in [0, 0.1) is 0 Å². The second-order valence-electron chi connectivity index (χ2n) is 6.44. The summed E-state index contributed by atoms with van der Waals surface area (Å²) in [5.41, 5.74) is 0. The fraction of sp³-hybridized carbons (Fsp3) is 1.00. The molecule has 0 unspecified atom stereocenters. The molecule has 1 N–H and O–H groups in total. The first-order chi connectivity index (χ1) is 11.4.